The largest absolute Gasteiger partial charge is 0.382 e. The van der Waals surface area contributed by atoms with Crippen molar-refractivity contribution in [3.8, 4) is 16.8 Å². The fourth-order valence-corrected chi connectivity index (χ4v) is 5.90. The lowest BCUT2D eigenvalue weighted by Crippen LogP contribution is -2.36. The summed E-state index contributed by atoms with van der Waals surface area (Å²) in [5.41, 5.74) is 7.80. The molecule has 7 rings (SSSR count). The van der Waals surface area contributed by atoms with E-state index in [-0.39, 0.29) is 5.56 Å². The Bertz CT molecular complexity index is 1950. The molecule has 198 valence electrons. The highest BCUT2D eigenvalue weighted by molar-refractivity contribution is 6.05. The number of nitrogens with zero attached hydrogens (tertiary/aromatic N) is 4. The molecule has 0 atom stereocenters. The normalized spacial score (nSPS) is 14.8. The van der Waals surface area contributed by atoms with Gasteiger partial charge in [-0.2, -0.15) is 0 Å². The van der Waals surface area contributed by atoms with Crippen molar-refractivity contribution >= 4 is 38.4 Å². The minimum Gasteiger partial charge on any atom is -0.382 e. The summed E-state index contributed by atoms with van der Waals surface area (Å²) >= 11 is 0. The molecular weight excluding hydrogens is 494 g/mol. The molecule has 1 fully saturated rings. The van der Waals surface area contributed by atoms with E-state index in [1.54, 1.807) is 6.07 Å². The molecule has 3 aromatic carbocycles. The minimum atomic E-state index is -0.0619. The first-order valence-corrected chi connectivity index (χ1v) is 13.9. The van der Waals surface area contributed by atoms with E-state index >= 15 is 0 Å². The van der Waals surface area contributed by atoms with E-state index in [4.69, 9.17) is 4.98 Å². The first-order valence-electron chi connectivity index (χ1n) is 13.9. The van der Waals surface area contributed by atoms with Crippen LogP contribution in [0.2, 0.25) is 0 Å². The molecule has 0 spiro atoms. The number of piperidine rings is 1. The molecule has 6 nitrogen and oxygen atoms in total. The predicted molar refractivity (Wildman–Crippen MR) is 164 cm³/mol. The van der Waals surface area contributed by atoms with Gasteiger partial charge < -0.3 is 10.2 Å². The van der Waals surface area contributed by atoms with Crippen LogP contribution in [0.3, 0.4) is 0 Å². The number of hydrogen-bond acceptors (Lipinski definition) is 5. The van der Waals surface area contributed by atoms with Crippen molar-refractivity contribution in [2.45, 2.75) is 25.8 Å². The number of hydrogen-bond donors (Lipinski definition) is 1. The molecule has 1 aliphatic rings. The fourth-order valence-electron chi connectivity index (χ4n) is 5.90. The Labute approximate surface area is 232 Å². The molecule has 0 radical (unpaired) electrons. The van der Waals surface area contributed by atoms with Crippen LogP contribution in [0.1, 0.15) is 18.4 Å². The molecule has 1 saturated heterocycles. The van der Waals surface area contributed by atoms with Crippen LogP contribution in [0, 0.1) is 6.92 Å². The second-order valence-electron chi connectivity index (χ2n) is 10.9. The van der Waals surface area contributed by atoms with Gasteiger partial charge in [0.1, 0.15) is 0 Å². The lowest BCUT2D eigenvalue weighted by atomic mass is 10.0. The van der Waals surface area contributed by atoms with Crippen LogP contribution >= 0.6 is 0 Å². The van der Waals surface area contributed by atoms with E-state index in [9.17, 15) is 4.79 Å². The number of benzene rings is 3. The van der Waals surface area contributed by atoms with Gasteiger partial charge in [-0.3, -0.25) is 19.3 Å². The van der Waals surface area contributed by atoms with Crippen LogP contribution < -0.4 is 10.9 Å². The summed E-state index contributed by atoms with van der Waals surface area (Å²) in [5, 5.41) is 6.69. The Morgan fingerprint density at radius 2 is 1.62 bits per heavy atom. The van der Waals surface area contributed by atoms with E-state index in [0.717, 1.165) is 86.7 Å². The second kappa shape index (κ2) is 9.88. The maximum atomic E-state index is 13.4. The Hall–Kier alpha value is -4.55. The fraction of sp³-hybridized carbons (Fsp3) is 0.206. The van der Waals surface area contributed by atoms with Gasteiger partial charge in [-0.15, -0.1) is 0 Å². The van der Waals surface area contributed by atoms with Crippen molar-refractivity contribution in [3.63, 3.8) is 0 Å². The van der Waals surface area contributed by atoms with Gasteiger partial charge >= 0.3 is 0 Å². The zero-order chi connectivity index (χ0) is 27.2. The first kappa shape index (κ1) is 24.5. The van der Waals surface area contributed by atoms with Gasteiger partial charge in [-0.25, -0.2) is 0 Å². The van der Waals surface area contributed by atoms with Crippen LogP contribution in [0.5, 0.6) is 0 Å². The number of aromatic nitrogens is 3. The molecule has 3 aromatic heterocycles. The molecule has 6 aromatic rings. The van der Waals surface area contributed by atoms with Crippen LogP contribution in [0.25, 0.3) is 49.5 Å². The standard InChI is InChI=1S/C34H31N5O/c1-22-17-28(9-11-30(22)37-27-13-15-38(2)16-14-27)39-33(40)12-8-25-20-36-32-10-7-23(19-29(32)34(25)39)26-18-24-5-3-4-6-31(24)35-21-26/h3-12,17-21,27,37H,13-16H2,1-2H3. The van der Waals surface area contributed by atoms with Gasteiger partial charge in [-0.1, -0.05) is 24.3 Å². The van der Waals surface area contributed by atoms with Crippen LogP contribution in [-0.2, 0) is 0 Å². The minimum absolute atomic E-state index is 0.0619. The Kier molecular flexibility index (Phi) is 6.05. The molecular formula is C34H31N5O. The molecule has 1 aliphatic heterocycles. The third kappa shape index (κ3) is 4.40. The highest BCUT2D eigenvalue weighted by Gasteiger charge is 2.18. The summed E-state index contributed by atoms with van der Waals surface area (Å²) in [4.78, 5) is 25.2. The zero-order valence-electron chi connectivity index (χ0n) is 22.8. The van der Waals surface area contributed by atoms with E-state index in [1.807, 2.05) is 47.3 Å². The third-order valence-electron chi connectivity index (χ3n) is 8.19. The second-order valence-corrected chi connectivity index (χ2v) is 10.9. The van der Waals surface area contributed by atoms with Crippen LogP contribution in [0.15, 0.2) is 96.1 Å². The summed E-state index contributed by atoms with van der Waals surface area (Å²) in [5.74, 6) is 0. The average molecular weight is 526 g/mol. The summed E-state index contributed by atoms with van der Waals surface area (Å²) in [6.07, 6.45) is 6.03. The molecule has 0 aliphatic carbocycles. The molecule has 0 saturated carbocycles. The highest BCUT2D eigenvalue weighted by atomic mass is 16.1. The molecule has 0 amide bonds. The number of para-hydroxylation sites is 1. The van der Waals surface area contributed by atoms with Gasteiger partial charge in [0.2, 0.25) is 0 Å². The predicted octanol–water partition coefficient (Wildman–Crippen LogP) is 6.57. The zero-order valence-corrected chi connectivity index (χ0v) is 22.8. The van der Waals surface area contributed by atoms with Crippen molar-refractivity contribution in [1.29, 1.82) is 0 Å². The maximum Gasteiger partial charge on any atom is 0.255 e. The Morgan fingerprint density at radius 3 is 2.48 bits per heavy atom. The van der Waals surface area contributed by atoms with Crippen LogP contribution in [-0.4, -0.2) is 45.6 Å². The Morgan fingerprint density at radius 1 is 0.800 bits per heavy atom. The summed E-state index contributed by atoms with van der Waals surface area (Å²) in [6.45, 7) is 4.33. The average Bonchev–Trinajstić information content (AvgIpc) is 2.98. The lowest BCUT2D eigenvalue weighted by Gasteiger charge is -2.30. The van der Waals surface area contributed by atoms with Gasteiger partial charge in [0.05, 0.1) is 16.6 Å². The van der Waals surface area contributed by atoms with Crippen molar-refractivity contribution in [1.82, 2.24) is 19.4 Å². The molecule has 40 heavy (non-hydrogen) atoms. The number of aryl methyl sites for hydroxylation is 1. The van der Waals surface area contributed by atoms with E-state index in [2.05, 4.69) is 71.6 Å². The molecule has 0 unspecified atom stereocenters. The van der Waals surface area contributed by atoms with E-state index < -0.39 is 0 Å². The SMILES string of the molecule is Cc1cc(-n2c(=O)ccc3cnc4ccc(-c5cnc6ccccc6c5)cc4c32)ccc1NC1CCN(C)CC1. The summed E-state index contributed by atoms with van der Waals surface area (Å²) in [7, 11) is 2.18. The Balaban J connectivity index is 1.35. The molecule has 0 bridgehead atoms. The summed E-state index contributed by atoms with van der Waals surface area (Å²) < 4.78 is 1.83. The highest BCUT2D eigenvalue weighted by Crippen LogP contribution is 2.31. The maximum absolute atomic E-state index is 13.4. The number of anilines is 1. The monoisotopic (exact) mass is 525 g/mol. The molecule has 1 N–H and O–H groups in total. The number of nitrogens with one attached hydrogen (secondary N) is 1. The van der Waals surface area contributed by atoms with E-state index in [0.29, 0.717) is 6.04 Å². The summed E-state index contributed by atoms with van der Waals surface area (Å²) in [6, 6.07) is 26.8. The van der Waals surface area contributed by atoms with Gasteiger partial charge in [0.15, 0.2) is 0 Å². The third-order valence-corrected chi connectivity index (χ3v) is 8.19. The number of rotatable bonds is 4. The molecule has 4 heterocycles. The number of likely N-dealkylation sites (tertiary alicyclic amines) is 1. The quantitative estimate of drug-likeness (QED) is 0.264. The first-order chi connectivity index (χ1) is 19.5. The van der Waals surface area contributed by atoms with Gasteiger partial charge in [0.25, 0.3) is 5.56 Å². The van der Waals surface area contributed by atoms with Crippen molar-refractivity contribution in [3.05, 3.63) is 107 Å². The lowest BCUT2D eigenvalue weighted by molar-refractivity contribution is 0.264. The van der Waals surface area contributed by atoms with Gasteiger partial charge in [0, 0.05) is 57.6 Å². The van der Waals surface area contributed by atoms with Crippen molar-refractivity contribution < 1.29 is 0 Å². The van der Waals surface area contributed by atoms with Gasteiger partial charge in [-0.05, 0) is 99.6 Å². The van der Waals surface area contributed by atoms with Crippen molar-refractivity contribution in [2.24, 2.45) is 0 Å². The number of fused-ring (bicyclic) bond motifs is 4. The number of pyridine rings is 3. The topological polar surface area (TPSA) is 63.1 Å². The van der Waals surface area contributed by atoms with Crippen molar-refractivity contribution in [2.75, 3.05) is 25.5 Å². The van der Waals surface area contributed by atoms with Crippen LogP contribution in [0.4, 0.5) is 5.69 Å². The smallest absolute Gasteiger partial charge is 0.255 e. The molecule has 6 heteroatoms. The van der Waals surface area contributed by atoms with E-state index in [1.165, 1.54) is 0 Å².